The molecule has 6 heteroatoms. The highest BCUT2D eigenvalue weighted by Gasteiger charge is 2.27. The molecule has 3 aromatic heterocycles. The van der Waals surface area contributed by atoms with Gasteiger partial charge in [0.1, 0.15) is 11.5 Å². The maximum Gasteiger partial charge on any atom is 0.220 e. The van der Waals surface area contributed by atoms with Gasteiger partial charge in [-0.2, -0.15) is 5.10 Å². The molecule has 1 aliphatic carbocycles. The Kier molecular flexibility index (Phi) is 5.29. The second-order valence-corrected chi connectivity index (χ2v) is 9.32. The van der Waals surface area contributed by atoms with Crippen molar-refractivity contribution < 1.29 is 4.39 Å². The van der Waals surface area contributed by atoms with Gasteiger partial charge in [0.05, 0.1) is 22.5 Å². The second-order valence-electron chi connectivity index (χ2n) is 9.32. The first-order valence-corrected chi connectivity index (χ1v) is 12.1. The third kappa shape index (κ3) is 3.85. The molecule has 5 aromatic rings. The fraction of sp³-hybridized carbons (Fsp3) is 0.207. The van der Waals surface area contributed by atoms with Crippen LogP contribution in [0, 0.1) is 12.7 Å². The van der Waals surface area contributed by atoms with Gasteiger partial charge in [-0.05, 0) is 62.1 Å². The molecule has 3 heterocycles. The molecule has 0 radical (unpaired) electrons. The number of hydrogen-bond acceptors (Lipinski definition) is 4. The van der Waals surface area contributed by atoms with Gasteiger partial charge in [0, 0.05) is 22.9 Å². The highest BCUT2D eigenvalue weighted by Crippen LogP contribution is 2.43. The maximum absolute atomic E-state index is 13.8. The van der Waals surface area contributed by atoms with Gasteiger partial charge >= 0.3 is 0 Å². The first kappa shape index (κ1) is 21.5. The number of nitrogen functional groups attached to an aromatic ring is 1. The largest absolute Gasteiger partial charge is 0.368 e. The maximum atomic E-state index is 13.8. The first-order valence-electron chi connectivity index (χ1n) is 12.1. The van der Waals surface area contributed by atoms with Crippen LogP contribution in [-0.2, 0) is 0 Å². The third-order valence-electron chi connectivity index (χ3n) is 6.99. The molecule has 0 spiro atoms. The van der Waals surface area contributed by atoms with Gasteiger partial charge < -0.3 is 5.73 Å². The summed E-state index contributed by atoms with van der Waals surface area (Å²) in [5.74, 6) is 0.347. The van der Waals surface area contributed by atoms with E-state index in [9.17, 15) is 4.39 Å². The summed E-state index contributed by atoms with van der Waals surface area (Å²) in [6, 6.07) is 21.1. The summed E-state index contributed by atoms with van der Waals surface area (Å²) in [6.07, 6.45) is 6.51. The Morgan fingerprint density at radius 2 is 1.60 bits per heavy atom. The number of aryl methyl sites for hydroxylation is 1. The van der Waals surface area contributed by atoms with Gasteiger partial charge in [-0.15, -0.1) is 0 Å². The highest BCUT2D eigenvalue weighted by molar-refractivity contribution is 5.93. The average molecular weight is 464 g/mol. The van der Waals surface area contributed by atoms with Gasteiger partial charge in [-0.1, -0.05) is 48.7 Å². The van der Waals surface area contributed by atoms with Crippen molar-refractivity contribution in [2.45, 2.75) is 38.5 Å². The highest BCUT2D eigenvalue weighted by atomic mass is 19.1. The zero-order valence-electron chi connectivity index (χ0n) is 19.6. The molecule has 0 saturated heterocycles. The molecule has 2 aromatic carbocycles. The molecular formula is C29H26FN5. The Labute approximate surface area is 203 Å². The monoisotopic (exact) mass is 463 g/mol. The molecule has 0 aliphatic heterocycles. The number of anilines is 1. The molecule has 35 heavy (non-hydrogen) atoms. The summed E-state index contributed by atoms with van der Waals surface area (Å²) in [5.41, 5.74) is 14.7. The van der Waals surface area contributed by atoms with Crippen LogP contribution in [0.15, 0.2) is 72.9 Å². The predicted molar refractivity (Wildman–Crippen MR) is 137 cm³/mol. The van der Waals surface area contributed by atoms with Crippen LogP contribution in [-0.4, -0.2) is 19.6 Å². The van der Waals surface area contributed by atoms with Crippen molar-refractivity contribution in [1.82, 2.24) is 19.6 Å². The van der Waals surface area contributed by atoms with Crippen LogP contribution in [0.2, 0.25) is 0 Å². The van der Waals surface area contributed by atoms with Gasteiger partial charge in [0.25, 0.3) is 0 Å². The lowest BCUT2D eigenvalue weighted by molar-refractivity contribution is 0.628. The van der Waals surface area contributed by atoms with E-state index >= 15 is 0 Å². The molecular weight excluding hydrogens is 437 g/mol. The minimum atomic E-state index is -0.280. The van der Waals surface area contributed by atoms with Crippen molar-refractivity contribution in [3.8, 4) is 33.8 Å². The SMILES string of the molecule is Cc1ccc(-c2cccc3c(-c4nc(N)ncc4C4CCCC4)c(-c4ccc(F)cc4)nn23)cc1. The summed E-state index contributed by atoms with van der Waals surface area (Å²) in [5, 5.41) is 5.08. The van der Waals surface area contributed by atoms with Crippen LogP contribution in [0.5, 0.6) is 0 Å². The van der Waals surface area contributed by atoms with E-state index in [0.29, 0.717) is 5.92 Å². The van der Waals surface area contributed by atoms with Crippen molar-refractivity contribution in [1.29, 1.82) is 0 Å². The zero-order chi connectivity index (χ0) is 23.9. The number of halogens is 1. The minimum absolute atomic E-state index is 0.237. The molecule has 174 valence electrons. The fourth-order valence-corrected chi connectivity index (χ4v) is 5.20. The van der Waals surface area contributed by atoms with Gasteiger partial charge in [-0.3, -0.25) is 0 Å². The average Bonchev–Trinajstić information content (AvgIpc) is 3.53. The molecule has 0 bridgehead atoms. The second kappa shape index (κ2) is 8.62. The number of nitrogens with two attached hydrogens (primary N) is 1. The van der Waals surface area contributed by atoms with E-state index in [4.69, 9.17) is 15.8 Å². The molecule has 5 nitrogen and oxygen atoms in total. The van der Waals surface area contributed by atoms with E-state index in [1.807, 2.05) is 16.8 Å². The third-order valence-corrected chi connectivity index (χ3v) is 6.99. The quantitative estimate of drug-likeness (QED) is 0.318. The molecule has 1 saturated carbocycles. The number of nitrogens with zero attached hydrogens (tertiary/aromatic N) is 4. The van der Waals surface area contributed by atoms with Crippen molar-refractivity contribution >= 4 is 11.5 Å². The number of aromatic nitrogens is 4. The molecule has 2 N–H and O–H groups in total. The van der Waals surface area contributed by atoms with Crippen LogP contribution < -0.4 is 5.73 Å². The number of pyridine rings is 1. The van der Waals surface area contributed by atoms with Gasteiger partial charge in [-0.25, -0.2) is 18.9 Å². The number of fused-ring (bicyclic) bond motifs is 1. The Morgan fingerprint density at radius 3 is 2.34 bits per heavy atom. The van der Waals surface area contributed by atoms with Crippen LogP contribution in [0.4, 0.5) is 10.3 Å². The minimum Gasteiger partial charge on any atom is -0.368 e. The Morgan fingerprint density at radius 1 is 0.886 bits per heavy atom. The van der Waals surface area contributed by atoms with E-state index in [1.54, 1.807) is 12.1 Å². The lowest BCUT2D eigenvalue weighted by atomic mass is 9.92. The van der Waals surface area contributed by atoms with E-state index in [-0.39, 0.29) is 11.8 Å². The number of hydrogen-bond donors (Lipinski definition) is 1. The molecule has 6 rings (SSSR count). The predicted octanol–water partition coefficient (Wildman–Crippen LogP) is 6.81. The van der Waals surface area contributed by atoms with Crippen molar-refractivity contribution in [3.63, 3.8) is 0 Å². The summed E-state index contributed by atoms with van der Waals surface area (Å²) in [7, 11) is 0. The number of rotatable bonds is 4. The van der Waals surface area contributed by atoms with E-state index < -0.39 is 0 Å². The van der Waals surface area contributed by atoms with E-state index in [2.05, 4.69) is 48.3 Å². The lowest BCUT2D eigenvalue weighted by Gasteiger charge is -2.15. The van der Waals surface area contributed by atoms with Crippen molar-refractivity contribution in [3.05, 3.63) is 89.9 Å². The Balaban J connectivity index is 1.66. The standard InChI is InChI=1S/C29H26FN5/c1-18-9-11-20(12-10-18)24-7-4-8-25-26(27(34-35(24)25)21-13-15-22(30)16-14-21)28-23(17-32-29(31)33-28)19-5-2-3-6-19/h4,7-17,19H,2-3,5-6H2,1H3,(H2,31,32,33). The number of benzene rings is 2. The zero-order valence-corrected chi connectivity index (χ0v) is 19.6. The summed E-state index contributed by atoms with van der Waals surface area (Å²) < 4.78 is 15.8. The van der Waals surface area contributed by atoms with Crippen LogP contribution >= 0.6 is 0 Å². The molecule has 0 amide bonds. The van der Waals surface area contributed by atoms with Crippen LogP contribution in [0.1, 0.15) is 42.7 Å². The molecule has 0 atom stereocenters. The first-order chi connectivity index (χ1) is 17.1. The Hall–Kier alpha value is -4.06. The van der Waals surface area contributed by atoms with Crippen molar-refractivity contribution in [2.75, 3.05) is 5.73 Å². The van der Waals surface area contributed by atoms with Gasteiger partial charge in [0.15, 0.2) is 0 Å². The van der Waals surface area contributed by atoms with E-state index in [1.165, 1.54) is 30.5 Å². The van der Waals surface area contributed by atoms with Crippen LogP contribution in [0.3, 0.4) is 0 Å². The summed E-state index contributed by atoms with van der Waals surface area (Å²) in [6.45, 7) is 2.08. The smallest absolute Gasteiger partial charge is 0.220 e. The molecule has 1 fully saturated rings. The lowest BCUT2D eigenvalue weighted by Crippen LogP contribution is -2.04. The van der Waals surface area contributed by atoms with Crippen molar-refractivity contribution in [2.24, 2.45) is 0 Å². The summed E-state index contributed by atoms with van der Waals surface area (Å²) in [4.78, 5) is 9.12. The normalized spacial score (nSPS) is 14.1. The Bertz CT molecular complexity index is 1510. The topological polar surface area (TPSA) is 69.1 Å². The molecule has 1 aliphatic rings. The summed E-state index contributed by atoms with van der Waals surface area (Å²) >= 11 is 0. The molecule has 0 unspecified atom stereocenters. The van der Waals surface area contributed by atoms with Gasteiger partial charge in [0.2, 0.25) is 5.95 Å². The van der Waals surface area contributed by atoms with Crippen LogP contribution in [0.25, 0.3) is 39.3 Å². The fourth-order valence-electron chi connectivity index (χ4n) is 5.20. The van der Waals surface area contributed by atoms with E-state index in [0.717, 1.165) is 57.7 Å².